The molecule has 0 aromatic heterocycles. The van der Waals surface area contributed by atoms with Crippen molar-refractivity contribution in [3.63, 3.8) is 0 Å². The van der Waals surface area contributed by atoms with Gasteiger partial charge in [0.1, 0.15) is 12.1 Å². The van der Waals surface area contributed by atoms with Crippen molar-refractivity contribution in [1.82, 2.24) is 15.1 Å². The third kappa shape index (κ3) is 3.63. The number of hydrogen-bond donors (Lipinski definition) is 1. The maximum absolute atomic E-state index is 12.9. The van der Waals surface area contributed by atoms with Crippen molar-refractivity contribution in [3.05, 3.63) is 29.8 Å². The Morgan fingerprint density at radius 1 is 1.11 bits per heavy atom. The molecule has 7 heteroatoms. The lowest BCUT2D eigenvalue weighted by Gasteiger charge is -2.35. The average molecular weight is 372 g/mol. The normalized spacial score (nSPS) is 18.9. The van der Waals surface area contributed by atoms with Gasteiger partial charge in [-0.15, -0.1) is 0 Å². The number of urea groups is 1. The van der Waals surface area contributed by atoms with Gasteiger partial charge in [-0.3, -0.25) is 14.5 Å². The van der Waals surface area contributed by atoms with E-state index in [4.69, 9.17) is 0 Å². The van der Waals surface area contributed by atoms with Crippen LogP contribution >= 0.6 is 0 Å². The van der Waals surface area contributed by atoms with E-state index in [9.17, 15) is 14.4 Å². The molecule has 1 aliphatic heterocycles. The summed E-state index contributed by atoms with van der Waals surface area (Å²) >= 11 is 0. The predicted molar refractivity (Wildman–Crippen MR) is 103 cm³/mol. The minimum absolute atomic E-state index is 0.222. The van der Waals surface area contributed by atoms with Gasteiger partial charge in [0.2, 0.25) is 5.91 Å². The molecule has 146 valence electrons. The summed E-state index contributed by atoms with van der Waals surface area (Å²) in [5.74, 6) is -0.546. The molecule has 2 aliphatic rings. The van der Waals surface area contributed by atoms with E-state index in [0.717, 1.165) is 35.4 Å². The van der Waals surface area contributed by atoms with E-state index in [-0.39, 0.29) is 24.4 Å². The predicted octanol–water partition coefficient (Wildman–Crippen LogP) is 1.97. The number of benzene rings is 1. The summed E-state index contributed by atoms with van der Waals surface area (Å²) in [5.41, 5.74) is 1.31. The molecule has 1 spiro atoms. The number of amides is 4. The van der Waals surface area contributed by atoms with Crippen molar-refractivity contribution >= 4 is 23.5 Å². The molecular weight excluding hydrogens is 344 g/mol. The number of hydrogen-bond acceptors (Lipinski definition) is 4. The Kier molecular flexibility index (Phi) is 5.39. The van der Waals surface area contributed by atoms with Crippen LogP contribution in [0.25, 0.3) is 0 Å². The number of carbonyl (C=O) groups excluding carboxylic acids is 3. The first-order valence-electron chi connectivity index (χ1n) is 9.48. The maximum atomic E-state index is 12.9. The topological polar surface area (TPSA) is 73.0 Å². The number of anilines is 1. The first-order valence-corrected chi connectivity index (χ1v) is 9.48. The van der Waals surface area contributed by atoms with Gasteiger partial charge in [-0.1, -0.05) is 31.4 Å². The second-order valence-corrected chi connectivity index (χ2v) is 7.66. The SMILES string of the molecule is CN(C)c1ccc(CNC(=O)CN2C(=O)N(C)C3(CCCCC3)C2=O)cc1. The smallest absolute Gasteiger partial charge is 0.327 e. The standard InChI is InChI=1S/C20H28N4O3/c1-22(2)16-9-7-15(8-10-16)13-21-17(25)14-24-18(26)20(23(3)19(24)27)11-5-4-6-12-20/h7-10H,4-6,11-14H2,1-3H3,(H,21,25). The van der Waals surface area contributed by atoms with E-state index in [1.165, 1.54) is 0 Å². The summed E-state index contributed by atoms with van der Waals surface area (Å²) in [7, 11) is 5.61. The molecule has 1 aromatic carbocycles. The maximum Gasteiger partial charge on any atom is 0.327 e. The van der Waals surface area contributed by atoms with E-state index in [0.29, 0.717) is 19.4 Å². The van der Waals surface area contributed by atoms with Gasteiger partial charge in [0.25, 0.3) is 5.91 Å². The van der Waals surface area contributed by atoms with Gasteiger partial charge in [-0.25, -0.2) is 4.79 Å². The third-order valence-corrected chi connectivity index (χ3v) is 5.73. The van der Waals surface area contributed by atoms with Gasteiger partial charge in [0.15, 0.2) is 0 Å². The lowest BCUT2D eigenvalue weighted by atomic mass is 9.81. The molecule has 7 nitrogen and oxygen atoms in total. The molecule has 0 unspecified atom stereocenters. The average Bonchev–Trinajstić information content (AvgIpc) is 2.83. The summed E-state index contributed by atoms with van der Waals surface area (Å²) in [6.07, 6.45) is 4.33. The monoisotopic (exact) mass is 372 g/mol. The summed E-state index contributed by atoms with van der Waals surface area (Å²) in [6.45, 7) is 0.142. The molecule has 0 atom stereocenters. The number of nitrogens with zero attached hydrogens (tertiary/aromatic N) is 3. The molecule has 1 aliphatic carbocycles. The zero-order chi connectivity index (χ0) is 19.6. The van der Waals surface area contributed by atoms with Crippen molar-refractivity contribution < 1.29 is 14.4 Å². The van der Waals surface area contributed by atoms with Crippen molar-refractivity contribution in [3.8, 4) is 0 Å². The molecule has 1 aromatic rings. The molecule has 1 saturated carbocycles. The molecule has 4 amide bonds. The van der Waals surface area contributed by atoms with Crippen molar-refractivity contribution in [2.75, 3.05) is 32.6 Å². The molecule has 3 rings (SSSR count). The van der Waals surface area contributed by atoms with Crippen molar-refractivity contribution in [2.45, 2.75) is 44.2 Å². The Hall–Kier alpha value is -2.57. The third-order valence-electron chi connectivity index (χ3n) is 5.73. The van der Waals surface area contributed by atoms with Crippen LogP contribution in [0, 0.1) is 0 Å². The van der Waals surface area contributed by atoms with Crippen LogP contribution in [0.4, 0.5) is 10.5 Å². The van der Waals surface area contributed by atoms with Gasteiger partial charge in [-0.05, 0) is 30.5 Å². The minimum Gasteiger partial charge on any atom is -0.378 e. The number of carbonyl (C=O) groups is 3. The van der Waals surface area contributed by atoms with Crippen LogP contribution in [0.15, 0.2) is 24.3 Å². The van der Waals surface area contributed by atoms with Gasteiger partial charge >= 0.3 is 6.03 Å². The highest BCUT2D eigenvalue weighted by atomic mass is 16.2. The molecule has 27 heavy (non-hydrogen) atoms. The Morgan fingerprint density at radius 3 is 2.33 bits per heavy atom. The molecule has 1 saturated heterocycles. The Morgan fingerprint density at radius 2 is 1.74 bits per heavy atom. The fraction of sp³-hybridized carbons (Fsp3) is 0.550. The van der Waals surface area contributed by atoms with E-state index >= 15 is 0 Å². The van der Waals surface area contributed by atoms with Crippen LogP contribution in [0.5, 0.6) is 0 Å². The number of imide groups is 1. The molecular formula is C20H28N4O3. The van der Waals surface area contributed by atoms with E-state index in [1.54, 1.807) is 11.9 Å². The van der Waals surface area contributed by atoms with Crippen LogP contribution in [0.2, 0.25) is 0 Å². The highest BCUT2D eigenvalue weighted by Crippen LogP contribution is 2.39. The van der Waals surface area contributed by atoms with E-state index < -0.39 is 5.54 Å². The largest absolute Gasteiger partial charge is 0.378 e. The minimum atomic E-state index is -0.738. The second kappa shape index (κ2) is 7.58. The van der Waals surface area contributed by atoms with Crippen LogP contribution < -0.4 is 10.2 Å². The zero-order valence-corrected chi connectivity index (χ0v) is 16.3. The number of rotatable bonds is 5. The van der Waals surface area contributed by atoms with Gasteiger partial charge < -0.3 is 15.1 Å². The van der Waals surface area contributed by atoms with Crippen molar-refractivity contribution in [1.29, 1.82) is 0 Å². The van der Waals surface area contributed by atoms with Crippen LogP contribution in [0.1, 0.15) is 37.7 Å². The van der Waals surface area contributed by atoms with Gasteiger partial charge in [0.05, 0.1) is 0 Å². The summed E-state index contributed by atoms with van der Waals surface area (Å²) in [4.78, 5) is 42.4. The van der Waals surface area contributed by atoms with Crippen molar-refractivity contribution in [2.24, 2.45) is 0 Å². The molecule has 0 radical (unpaired) electrons. The van der Waals surface area contributed by atoms with Gasteiger partial charge in [-0.2, -0.15) is 0 Å². The molecule has 2 fully saturated rings. The first-order chi connectivity index (χ1) is 12.8. The highest BCUT2D eigenvalue weighted by Gasteiger charge is 2.55. The summed E-state index contributed by atoms with van der Waals surface area (Å²) < 4.78 is 0. The summed E-state index contributed by atoms with van der Waals surface area (Å²) in [5, 5.41) is 2.80. The quantitative estimate of drug-likeness (QED) is 0.802. The fourth-order valence-corrected chi connectivity index (χ4v) is 3.98. The first kappa shape index (κ1) is 19.2. The van der Waals surface area contributed by atoms with Crippen LogP contribution in [-0.2, 0) is 16.1 Å². The molecule has 1 N–H and O–H groups in total. The number of nitrogens with one attached hydrogen (secondary N) is 1. The molecule has 0 bridgehead atoms. The fourth-order valence-electron chi connectivity index (χ4n) is 3.98. The van der Waals surface area contributed by atoms with Crippen LogP contribution in [-0.4, -0.2) is 60.9 Å². The van der Waals surface area contributed by atoms with E-state index in [2.05, 4.69) is 5.32 Å². The van der Waals surface area contributed by atoms with Crippen LogP contribution in [0.3, 0.4) is 0 Å². The lowest BCUT2D eigenvalue weighted by molar-refractivity contribution is -0.137. The summed E-state index contributed by atoms with van der Waals surface area (Å²) in [6, 6.07) is 7.50. The molecule has 1 heterocycles. The van der Waals surface area contributed by atoms with Gasteiger partial charge in [0, 0.05) is 33.4 Å². The second-order valence-electron chi connectivity index (χ2n) is 7.66. The lowest BCUT2D eigenvalue weighted by Crippen LogP contribution is -2.49. The number of likely N-dealkylation sites (N-methyl/N-ethyl adjacent to an activating group) is 1. The van der Waals surface area contributed by atoms with E-state index in [1.807, 2.05) is 43.3 Å². The highest BCUT2D eigenvalue weighted by molar-refractivity contribution is 6.08. The Balaban J connectivity index is 1.59. The Bertz CT molecular complexity index is 723. The zero-order valence-electron chi connectivity index (χ0n) is 16.3. The Labute approximate surface area is 160 Å².